The lowest BCUT2D eigenvalue weighted by atomic mass is 9.95. The Morgan fingerprint density at radius 1 is 1.06 bits per heavy atom. The topological polar surface area (TPSA) is 68.2 Å². The van der Waals surface area contributed by atoms with E-state index >= 15 is 0 Å². The van der Waals surface area contributed by atoms with Gasteiger partial charge in [-0.3, -0.25) is 9.10 Å². The fourth-order valence-corrected chi connectivity index (χ4v) is 5.40. The zero-order chi connectivity index (χ0) is 23.9. The highest BCUT2D eigenvalue weighted by molar-refractivity contribution is 7.97. The molecule has 2 atom stereocenters. The van der Waals surface area contributed by atoms with Crippen LogP contribution in [0.3, 0.4) is 0 Å². The summed E-state index contributed by atoms with van der Waals surface area (Å²) in [6, 6.07) is 11.6. The van der Waals surface area contributed by atoms with Gasteiger partial charge in [0.25, 0.3) is 5.91 Å². The number of nitrogens with zero attached hydrogens (tertiary/aromatic N) is 4. The van der Waals surface area contributed by atoms with Gasteiger partial charge in [0.1, 0.15) is 0 Å². The fourth-order valence-electron chi connectivity index (χ4n) is 4.07. The Bertz CT molecular complexity index is 1090. The van der Waals surface area contributed by atoms with Crippen LogP contribution in [0.1, 0.15) is 47.7 Å². The van der Waals surface area contributed by atoms with Crippen molar-refractivity contribution in [3.05, 3.63) is 71.7 Å². The van der Waals surface area contributed by atoms with E-state index in [9.17, 15) is 4.79 Å². The minimum absolute atomic E-state index is 0.00590. The molecule has 0 radical (unpaired) electrons. The van der Waals surface area contributed by atoms with Gasteiger partial charge in [0.2, 0.25) is 5.88 Å². The van der Waals surface area contributed by atoms with Gasteiger partial charge in [-0.1, -0.05) is 37.1 Å². The summed E-state index contributed by atoms with van der Waals surface area (Å²) < 4.78 is 7.96. The predicted octanol–water partition coefficient (Wildman–Crippen LogP) is 5.76. The van der Waals surface area contributed by atoms with Gasteiger partial charge in [0.15, 0.2) is 5.82 Å². The molecule has 0 aliphatic carbocycles. The maximum Gasteiger partial charge on any atom is 0.264 e. The smallest absolute Gasteiger partial charge is 0.264 e. The van der Waals surface area contributed by atoms with E-state index in [1.165, 1.54) is 0 Å². The van der Waals surface area contributed by atoms with E-state index in [0.717, 1.165) is 41.7 Å². The fraction of sp³-hybridized carbons (Fsp3) is 0.407. The van der Waals surface area contributed by atoms with Crippen molar-refractivity contribution in [3.8, 4) is 17.3 Å². The van der Waals surface area contributed by atoms with Gasteiger partial charge in [-0.2, -0.15) is 0 Å². The Labute approximate surface area is 206 Å². The van der Waals surface area contributed by atoms with Crippen LogP contribution in [0.2, 0.25) is 0 Å². The van der Waals surface area contributed by atoms with Gasteiger partial charge in [0.05, 0.1) is 12.2 Å². The van der Waals surface area contributed by atoms with Crippen molar-refractivity contribution in [2.75, 3.05) is 18.9 Å². The molecule has 34 heavy (non-hydrogen) atoms. The number of carbonyl (C=O) groups is 1. The van der Waals surface area contributed by atoms with Crippen LogP contribution in [0, 0.1) is 25.7 Å². The molecule has 2 aromatic heterocycles. The highest BCUT2D eigenvalue weighted by atomic mass is 32.2. The number of hydrogen-bond acceptors (Lipinski definition) is 6. The molecular formula is C27H32N4O2S. The largest absolute Gasteiger partial charge is 0.477 e. The molecule has 0 bridgehead atoms. The summed E-state index contributed by atoms with van der Waals surface area (Å²) in [6.07, 6.45) is 8.51. The van der Waals surface area contributed by atoms with E-state index in [4.69, 9.17) is 4.74 Å². The molecule has 178 valence electrons. The van der Waals surface area contributed by atoms with E-state index < -0.39 is 0 Å². The first-order chi connectivity index (χ1) is 16.5. The third kappa shape index (κ3) is 6.14. The second-order valence-corrected chi connectivity index (χ2v) is 10.0. The number of ether oxygens (including phenoxy) is 1. The number of benzene rings is 1. The molecular weight excluding hydrogens is 444 g/mol. The number of hydrogen-bond donors (Lipinski definition) is 0. The molecule has 0 spiro atoms. The monoisotopic (exact) mass is 476 g/mol. The van der Waals surface area contributed by atoms with Crippen LogP contribution in [0.15, 0.2) is 55.0 Å². The minimum Gasteiger partial charge on any atom is -0.477 e. The van der Waals surface area contributed by atoms with Crippen molar-refractivity contribution in [1.29, 1.82) is 0 Å². The van der Waals surface area contributed by atoms with Gasteiger partial charge < -0.3 is 4.74 Å². The Morgan fingerprint density at radius 3 is 2.56 bits per heavy atom. The molecule has 1 fully saturated rings. The maximum atomic E-state index is 13.9. The van der Waals surface area contributed by atoms with Crippen LogP contribution in [-0.2, 0) is 0 Å². The predicted molar refractivity (Wildman–Crippen MR) is 137 cm³/mol. The van der Waals surface area contributed by atoms with Crippen molar-refractivity contribution in [2.24, 2.45) is 11.8 Å². The van der Waals surface area contributed by atoms with E-state index in [1.807, 2.05) is 54.7 Å². The zero-order valence-electron chi connectivity index (χ0n) is 20.1. The molecule has 7 heteroatoms. The van der Waals surface area contributed by atoms with Crippen molar-refractivity contribution in [2.45, 2.75) is 40.0 Å². The summed E-state index contributed by atoms with van der Waals surface area (Å²) in [6.45, 7) is 7.42. The number of aryl methyl sites for hydroxylation is 2. The minimum atomic E-state index is 0.00590. The lowest BCUT2D eigenvalue weighted by Crippen LogP contribution is -2.35. The van der Waals surface area contributed by atoms with E-state index in [-0.39, 0.29) is 11.8 Å². The average molecular weight is 477 g/mol. The van der Waals surface area contributed by atoms with Crippen LogP contribution < -0.4 is 4.74 Å². The van der Waals surface area contributed by atoms with E-state index in [0.29, 0.717) is 36.3 Å². The highest BCUT2D eigenvalue weighted by Crippen LogP contribution is 2.31. The summed E-state index contributed by atoms with van der Waals surface area (Å²) in [4.78, 5) is 27.0. The summed E-state index contributed by atoms with van der Waals surface area (Å²) in [5.74, 6) is 2.96. The first-order valence-electron chi connectivity index (χ1n) is 11.9. The third-order valence-electron chi connectivity index (χ3n) is 6.24. The molecule has 4 rings (SSSR count). The van der Waals surface area contributed by atoms with Crippen molar-refractivity contribution in [3.63, 3.8) is 0 Å². The first-order valence-corrected chi connectivity index (χ1v) is 12.9. The van der Waals surface area contributed by atoms with Crippen LogP contribution in [0.25, 0.3) is 11.4 Å². The molecule has 2 unspecified atom stereocenters. The maximum absolute atomic E-state index is 13.9. The molecule has 0 N–H and O–H groups in total. The van der Waals surface area contributed by atoms with E-state index in [1.54, 1.807) is 30.4 Å². The quantitative estimate of drug-likeness (QED) is 0.421. The summed E-state index contributed by atoms with van der Waals surface area (Å²) in [7, 11) is 0. The van der Waals surface area contributed by atoms with Crippen LogP contribution >= 0.6 is 11.9 Å². The lowest BCUT2D eigenvalue weighted by molar-refractivity contribution is 0.0838. The van der Waals surface area contributed by atoms with Gasteiger partial charge in [-0.05, 0) is 62.3 Å². The van der Waals surface area contributed by atoms with E-state index in [2.05, 4.69) is 21.9 Å². The van der Waals surface area contributed by atoms with Gasteiger partial charge in [-0.15, -0.1) is 0 Å². The number of aromatic nitrogens is 3. The molecule has 1 aliphatic heterocycles. The molecule has 1 amide bonds. The van der Waals surface area contributed by atoms with Crippen molar-refractivity contribution in [1.82, 2.24) is 19.3 Å². The number of carbonyl (C=O) groups excluding carboxylic acids is 1. The van der Waals surface area contributed by atoms with Crippen LogP contribution in [-0.4, -0.2) is 44.1 Å². The molecule has 3 aromatic rings. The van der Waals surface area contributed by atoms with Crippen LogP contribution in [0.5, 0.6) is 5.88 Å². The summed E-state index contributed by atoms with van der Waals surface area (Å²) in [5, 5.41) is 0. The average Bonchev–Trinajstić information content (AvgIpc) is 2.85. The Hall–Kier alpha value is -2.93. The molecule has 3 heterocycles. The van der Waals surface area contributed by atoms with Crippen molar-refractivity contribution < 1.29 is 9.53 Å². The SMILES string of the molecule is CCC1CCC(COc2ccc(C)cn2)CN(C(=O)c2cc(C)ccc2-c2ncccn2)SC1. The summed E-state index contributed by atoms with van der Waals surface area (Å²) in [5.41, 5.74) is 3.56. The Balaban J connectivity index is 1.56. The highest BCUT2D eigenvalue weighted by Gasteiger charge is 2.28. The standard InChI is InChI=1S/C27H32N4O2S/c1-4-21-8-9-22(17-33-25-11-7-20(3)15-30-25)16-31(34-18-21)27(32)24-14-19(2)6-10-23(24)26-28-12-5-13-29-26/h5-7,10-15,21-22H,4,8-9,16-18H2,1-3H3. The zero-order valence-corrected chi connectivity index (χ0v) is 20.9. The molecule has 1 saturated heterocycles. The molecule has 0 saturated carbocycles. The normalized spacial score (nSPS) is 18.7. The number of amides is 1. The van der Waals surface area contributed by atoms with Gasteiger partial charge in [0, 0.05) is 48.4 Å². The van der Waals surface area contributed by atoms with Crippen molar-refractivity contribution >= 4 is 17.9 Å². The lowest BCUT2D eigenvalue weighted by Gasteiger charge is -2.32. The molecule has 1 aliphatic rings. The number of rotatable bonds is 6. The third-order valence-corrected chi connectivity index (χ3v) is 7.49. The summed E-state index contributed by atoms with van der Waals surface area (Å²) >= 11 is 1.64. The first kappa shape index (κ1) is 24.2. The Kier molecular flexibility index (Phi) is 8.16. The van der Waals surface area contributed by atoms with Crippen LogP contribution in [0.4, 0.5) is 0 Å². The second-order valence-electron chi connectivity index (χ2n) is 8.99. The molecule has 6 nitrogen and oxygen atoms in total. The number of pyridine rings is 1. The van der Waals surface area contributed by atoms with Gasteiger partial charge in [-0.25, -0.2) is 15.0 Å². The second kappa shape index (κ2) is 11.5. The Morgan fingerprint density at radius 2 is 1.82 bits per heavy atom. The molecule has 1 aromatic carbocycles. The van der Waals surface area contributed by atoms with Gasteiger partial charge >= 0.3 is 0 Å².